The highest BCUT2D eigenvalue weighted by molar-refractivity contribution is 5.97. The summed E-state index contributed by atoms with van der Waals surface area (Å²) in [4.78, 5) is 37.6. The summed E-state index contributed by atoms with van der Waals surface area (Å²) in [6.07, 6.45) is 4.11. The van der Waals surface area contributed by atoms with Crippen LogP contribution in [0.15, 0.2) is 48.9 Å². The SMILES string of the molecule is Cn1cnc2cc(C(=O)N3CCCN(C(=O)c4ccccn4)CC3)ccc21. The number of aromatic nitrogens is 3. The van der Waals surface area contributed by atoms with Gasteiger partial charge in [0.2, 0.25) is 0 Å². The minimum atomic E-state index is -0.0835. The molecule has 1 fully saturated rings. The largest absolute Gasteiger partial charge is 0.337 e. The molecular formula is C20H21N5O2. The molecule has 2 amide bonds. The zero-order valence-corrected chi connectivity index (χ0v) is 15.2. The van der Waals surface area contributed by atoms with Gasteiger partial charge in [0.15, 0.2) is 0 Å². The molecule has 0 saturated carbocycles. The Morgan fingerprint density at radius 2 is 1.70 bits per heavy atom. The first kappa shape index (κ1) is 17.2. The molecule has 1 aliphatic heterocycles. The molecule has 0 spiro atoms. The van der Waals surface area contributed by atoms with Crippen LogP contribution in [-0.4, -0.2) is 62.3 Å². The predicted octanol–water partition coefficient (Wildman–Crippen LogP) is 1.96. The van der Waals surface area contributed by atoms with Crippen LogP contribution in [0.2, 0.25) is 0 Å². The zero-order chi connectivity index (χ0) is 18.8. The van der Waals surface area contributed by atoms with Crippen LogP contribution in [0.1, 0.15) is 27.3 Å². The van der Waals surface area contributed by atoms with Gasteiger partial charge in [0.1, 0.15) is 5.69 Å². The van der Waals surface area contributed by atoms with E-state index in [2.05, 4.69) is 9.97 Å². The third-order valence-corrected chi connectivity index (χ3v) is 4.93. The number of hydrogen-bond donors (Lipinski definition) is 0. The molecule has 3 aromatic rings. The van der Waals surface area contributed by atoms with Gasteiger partial charge in [-0.1, -0.05) is 6.07 Å². The lowest BCUT2D eigenvalue weighted by molar-refractivity contribution is 0.0716. The summed E-state index contributed by atoms with van der Waals surface area (Å²) in [5.41, 5.74) is 2.88. The number of carbonyl (C=O) groups excluding carboxylic acids is 2. The van der Waals surface area contributed by atoms with Crippen molar-refractivity contribution < 1.29 is 9.59 Å². The molecule has 0 aliphatic carbocycles. The Balaban J connectivity index is 1.47. The van der Waals surface area contributed by atoms with Crippen LogP contribution in [0.3, 0.4) is 0 Å². The second-order valence-electron chi connectivity index (χ2n) is 6.71. The first-order valence-electron chi connectivity index (χ1n) is 9.04. The van der Waals surface area contributed by atoms with Crippen LogP contribution in [0, 0.1) is 0 Å². The second-order valence-corrected chi connectivity index (χ2v) is 6.71. The van der Waals surface area contributed by atoms with E-state index in [1.807, 2.05) is 40.8 Å². The predicted molar refractivity (Wildman–Crippen MR) is 101 cm³/mol. The topological polar surface area (TPSA) is 71.3 Å². The van der Waals surface area contributed by atoms with E-state index >= 15 is 0 Å². The molecule has 7 nitrogen and oxygen atoms in total. The smallest absolute Gasteiger partial charge is 0.272 e. The first-order valence-corrected chi connectivity index (χ1v) is 9.04. The number of fused-ring (bicyclic) bond motifs is 1. The van der Waals surface area contributed by atoms with Gasteiger partial charge in [-0.2, -0.15) is 0 Å². The van der Waals surface area contributed by atoms with E-state index < -0.39 is 0 Å². The molecule has 3 heterocycles. The number of pyridine rings is 1. The molecular weight excluding hydrogens is 342 g/mol. The van der Waals surface area contributed by atoms with Crippen LogP contribution < -0.4 is 0 Å². The standard InChI is InChI=1S/C20H21N5O2/c1-23-14-22-17-13-15(6-7-18(17)23)19(26)24-9-4-10-25(12-11-24)20(27)16-5-2-3-8-21-16/h2-3,5-8,13-14H,4,9-12H2,1H3. The number of nitrogens with zero attached hydrogens (tertiary/aromatic N) is 5. The molecule has 1 saturated heterocycles. The monoisotopic (exact) mass is 363 g/mol. The number of aryl methyl sites for hydroxylation is 1. The number of benzene rings is 1. The molecule has 138 valence electrons. The average Bonchev–Trinajstić information content (AvgIpc) is 2.92. The van der Waals surface area contributed by atoms with Crippen molar-refractivity contribution >= 4 is 22.8 Å². The normalized spacial score (nSPS) is 15.0. The van der Waals surface area contributed by atoms with Gasteiger partial charge >= 0.3 is 0 Å². The molecule has 1 aromatic carbocycles. The highest BCUT2D eigenvalue weighted by atomic mass is 16.2. The Morgan fingerprint density at radius 1 is 0.926 bits per heavy atom. The fourth-order valence-electron chi connectivity index (χ4n) is 3.43. The van der Waals surface area contributed by atoms with E-state index in [0.29, 0.717) is 37.4 Å². The van der Waals surface area contributed by atoms with Crippen molar-refractivity contribution in [1.82, 2.24) is 24.3 Å². The summed E-state index contributed by atoms with van der Waals surface area (Å²) in [5, 5.41) is 0. The lowest BCUT2D eigenvalue weighted by Gasteiger charge is -2.22. The minimum Gasteiger partial charge on any atom is -0.337 e. The van der Waals surface area contributed by atoms with Crippen molar-refractivity contribution in [1.29, 1.82) is 0 Å². The van der Waals surface area contributed by atoms with Gasteiger partial charge in [-0.05, 0) is 36.8 Å². The summed E-state index contributed by atoms with van der Waals surface area (Å²) in [6.45, 7) is 2.27. The molecule has 2 aromatic heterocycles. The Labute approximate surface area is 157 Å². The van der Waals surface area contributed by atoms with Gasteiger partial charge in [-0.3, -0.25) is 14.6 Å². The maximum absolute atomic E-state index is 12.9. The maximum Gasteiger partial charge on any atom is 0.272 e. The second kappa shape index (κ2) is 7.19. The molecule has 27 heavy (non-hydrogen) atoms. The Kier molecular flexibility index (Phi) is 4.58. The van der Waals surface area contributed by atoms with Crippen molar-refractivity contribution in [2.75, 3.05) is 26.2 Å². The van der Waals surface area contributed by atoms with E-state index in [4.69, 9.17) is 0 Å². The van der Waals surface area contributed by atoms with Crippen molar-refractivity contribution in [2.24, 2.45) is 7.05 Å². The van der Waals surface area contributed by atoms with Crippen molar-refractivity contribution in [3.8, 4) is 0 Å². The summed E-state index contributed by atoms with van der Waals surface area (Å²) in [5.74, 6) is -0.102. The third-order valence-electron chi connectivity index (χ3n) is 4.93. The highest BCUT2D eigenvalue weighted by Crippen LogP contribution is 2.17. The number of rotatable bonds is 2. The molecule has 7 heteroatoms. The van der Waals surface area contributed by atoms with Crippen LogP contribution in [-0.2, 0) is 7.05 Å². The van der Waals surface area contributed by atoms with Gasteiger partial charge in [0.05, 0.1) is 17.4 Å². The number of carbonyl (C=O) groups is 2. The van der Waals surface area contributed by atoms with Gasteiger partial charge in [0.25, 0.3) is 11.8 Å². The molecule has 0 unspecified atom stereocenters. The lowest BCUT2D eigenvalue weighted by Crippen LogP contribution is -2.37. The van der Waals surface area contributed by atoms with Gasteiger partial charge < -0.3 is 14.4 Å². The summed E-state index contributed by atoms with van der Waals surface area (Å²) >= 11 is 0. The maximum atomic E-state index is 12.9. The van der Waals surface area contributed by atoms with E-state index in [0.717, 1.165) is 17.5 Å². The molecule has 0 bridgehead atoms. The Bertz CT molecular complexity index is 982. The van der Waals surface area contributed by atoms with Gasteiger partial charge in [-0.25, -0.2) is 4.98 Å². The van der Waals surface area contributed by atoms with Crippen molar-refractivity contribution in [2.45, 2.75) is 6.42 Å². The number of imidazole rings is 1. The van der Waals surface area contributed by atoms with E-state index in [9.17, 15) is 9.59 Å². The summed E-state index contributed by atoms with van der Waals surface area (Å²) < 4.78 is 1.93. The average molecular weight is 363 g/mol. The zero-order valence-electron chi connectivity index (χ0n) is 15.2. The Hall–Kier alpha value is -3.22. The molecule has 0 N–H and O–H groups in total. The van der Waals surface area contributed by atoms with E-state index in [-0.39, 0.29) is 11.8 Å². The minimum absolute atomic E-state index is 0.0188. The lowest BCUT2D eigenvalue weighted by atomic mass is 10.1. The molecule has 0 radical (unpaired) electrons. The molecule has 4 rings (SSSR count). The van der Waals surface area contributed by atoms with Crippen molar-refractivity contribution in [3.05, 3.63) is 60.2 Å². The van der Waals surface area contributed by atoms with Crippen LogP contribution in [0.5, 0.6) is 0 Å². The van der Waals surface area contributed by atoms with Crippen LogP contribution in [0.25, 0.3) is 11.0 Å². The van der Waals surface area contributed by atoms with Crippen LogP contribution >= 0.6 is 0 Å². The summed E-state index contributed by atoms with van der Waals surface area (Å²) in [7, 11) is 1.93. The number of hydrogen-bond acceptors (Lipinski definition) is 4. The van der Waals surface area contributed by atoms with Crippen LogP contribution in [0.4, 0.5) is 0 Å². The summed E-state index contributed by atoms with van der Waals surface area (Å²) in [6, 6.07) is 10.9. The number of amides is 2. The van der Waals surface area contributed by atoms with Gasteiger partial charge in [0, 0.05) is 45.0 Å². The molecule has 1 aliphatic rings. The quantitative estimate of drug-likeness (QED) is 0.698. The van der Waals surface area contributed by atoms with E-state index in [1.54, 1.807) is 29.6 Å². The first-order chi connectivity index (χ1) is 13.1. The fraction of sp³-hybridized carbons (Fsp3) is 0.300. The highest BCUT2D eigenvalue weighted by Gasteiger charge is 2.24. The van der Waals surface area contributed by atoms with Crippen molar-refractivity contribution in [3.63, 3.8) is 0 Å². The Morgan fingerprint density at radius 3 is 2.44 bits per heavy atom. The van der Waals surface area contributed by atoms with E-state index in [1.165, 1.54) is 0 Å². The molecule has 0 atom stereocenters. The fourth-order valence-corrected chi connectivity index (χ4v) is 3.43. The third kappa shape index (κ3) is 3.40. The van der Waals surface area contributed by atoms with Gasteiger partial charge in [-0.15, -0.1) is 0 Å².